The van der Waals surface area contributed by atoms with Gasteiger partial charge in [0.25, 0.3) is 0 Å². The fraction of sp³-hybridized carbons (Fsp3) is 0.118. The topological polar surface area (TPSA) is 93.9 Å². The van der Waals surface area contributed by atoms with E-state index < -0.39 is 11.8 Å². The van der Waals surface area contributed by atoms with Gasteiger partial charge in [-0.05, 0) is 18.6 Å². The van der Waals surface area contributed by atoms with Gasteiger partial charge in [-0.25, -0.2) is 19.2 Å². The molecule has 3 aromatic rings. The lowest BCUT2D eigenvalue weighted by molar-refractivity contribution is 0.0527. The van der Waals surface area contributed by atoms with Crippen molar-refractivity contribution in [1.82, 2.24) is 15.0 Å². The summed E-state index contributed by atoms with van der Waals surface area (Å²) in [5.74, 6) is -1.19. The van der Waals surface area contributed by atoms with Crippen molar-refractivity contribution < 1.29 is 13.9 Å². The maximum absolute atomic E-state index is 14.0. The third-order valence-corrected chi connectivity index (χ3v) is 3.39. The molecule has 2 aromatic heterocycles. The third-order valence-electron chi connectivity index (χ3n) is 3.39. The van der Waals surface area contributed by atoms with Crippen molar-refractivity contribution in [2.45, 2.75) is 6.92 Å². The number of nitrogens with two attached hydrogens (primary N) is 1. The van der Waals surface area contributed by atoms with Gasteiger partial charge in [0.05, 0.1) is 29.8 Å². The molecule has 3 rings (SSSR count). The minimum absolute atomic E-state index is 0.00442. The smallest absolute Gasteiger partial charge is 0.340 e. The lowest BCUT2D eigenvalue weighted by Gasteiger charge is -2.03. The molecule has 3 N–H and O–H groups in total. The number of carbonyl (C=O) groups excluding carboxylic acids is 1. The van der Waals surface area contributed by atoms with Crippen LogP contribution in [0.4, 0.5) is 10.3 Å². The fourth-order valence-corrected chi connectivity index (χ4v) is 2.35. The second-order valence-corrected chi connectivity index (χ2v) is 4.98. The molecule has 6 nitrogen and oxygen atoms in total. The highest BCUT2D eigenvalue weighted by Gasteiger charge is 2.21. The molecule has 0 radical (unpaired) electrons. The molecule has 0 aliphatic rings. The molecule has 0 saturated carbocycles. The van der Waals surface area contributed by atoms with Crippen molar-refractivity contribution in [1.29, 1.82) is 0 Å². The van der Waals surface area contributed by atoms with Gasteiger partial charge in [0, 0.05) is 0 Å². The quantitative estimate of drug-likeness (QED) is 0.719. The van der Waals surface area contributed by atoms with Crippen molar-refractivity contribution in [2.24, 2.45) is 0 Å². The summed E-state index contributed by atoms with van der Waals surface area (Å²) >= 11 is 0. The highest BCUT2D eigenvalue weighted by atomic mass is 19.1. The molecule has 0 saturated heterocycles. The number of rotatable bonds is 4. The van der Waals surface area contributed by atoms with Crippen LogP contribution >= 0.6 is 0 Å². The minimum Gasteiger partial charge on any atom is -0.462 e. The number of hydrogen-bond acceptors (Lipinski definition) is 5. The van der Waals surface area contributed by atoms with E-state index in [2.05, 4.69) is 15.0 Å². The molecule has 2 heterocycles. The number of carbonyl (C=O) groups is 1. The molecule has 0 fully saturated rings. The number of hydrogen-bond donors (Lipinski definition) is 2. The SMILES string of the molecule is CCOC(=O)c1cc(-c2nc(N)ncc2F)[nH]c1-c1ccccc1. The van der Waals surface area contributed by atoms with Crippen LogP contribution in [-0.2, 0) is 4.74 Å². The molecule has 0 atom stereocenters. The van der Waals surface area contributed by atoms with Crippen LogP contribution in [0.2, 0.25) is 0 Å². The normalized spacial score (nSPS) is 10.6. The summed E-state index contributed by atoms with van der Waals surface area (Å²) in [5, 5.41) is 0. The standard InChI is InChI=1S/C17H15FN4O2/c1-2-24-16(23)11-8-13(15-12(18)9-20-17(19)22-15)21-14(11)10-6-4-3-5-7-10/h3-9,21H,2H2,1H3,(H2,19,20,22). The first-order valence-electron chi connectivity index (χ1n) is 7.34. The van der Waals surface area contributed by atoms with Gasteiger partial charge in [-0.2, -0.15) is 0 Å². The van der Waals surface area contributed by atoms with E-state index in [1.807, 2.05) is 30.3 Å². The van der Waals surface area contributed by atoms with Crippen molar-refractivity contribution in [3.05, 3.63) is 54.0 Å². The largest absolute Gasteiger partial charge is 0.462 e. The van der Waals surface area contributed by atoms with E-state index in [-0.39, 0.29) is 18.2 Å². The summed E-state index contributed by atoms with van der Waals surface area (Å²) < 4.78 is 19.1. The van der Waals surface area contributed by atoms with Crippen molar-refractivity contribution >= 4 is 11.9 Å². The molecule has 0 aliphatic carbocycles. The zero-order chi connectivity index (χ0) is 17.1. The zero-order valence-electron chi connectivity index (χ0n) is 12.9. The number of esters is 1. The van der Waals surface area contributed by atoms with Gasteiger partial charge in [-0.1, -0.05) is 30.3 Å². The van der Waals surface area contributed by atoms with Crippen molar-refractivity contribution in [3.63, 3.8) is 0 Å². The predicted molar refractivity (Wildman–Crippen MR) is 87.6 cm³/mol. The number of halogens is 1. The van der Waals surface area contributed by atoms with Crippen LogP contribution < -0.4 is 5.73 Å². The van der Waals surface area contributed by atoms with E-state index in [4.69, 9.17) is 10.5 Å². The second kappa shape index (κ2) is 6.49. The summed E-state index contributed by atoms with van der Waals surface area (Å²) in [5.41, 5.74) is 7.45. The van der Waals surface area contributed by atoms with Crippen LogP contribution in [0.3, 0.4) is 0 Å². The van der Waals surface area contributed by atoms with Gasteiger partial charge in [-0.15, -0.1) is 0 Å². The van der Waals surface area contributed by atoms with Gasteiger partial charge in [0.15, 0.2) is 5.82 Å². The minimum atomic E-state index is -0.638. The number of benzene rings is 1. The van der Waals surface area contributed by atoms with Gasteiger partial charge in [-0.3, -0.25) is 0 Å². The van der Waals surface area contributed by atoms with E-state index in [1.165, 1.54) is 6.07 Å². The fourth-order valence-electron chi connectivity index (χ4n) is 2.35. The molecular formula is C17H15FN4O2. The Morgan fingerprint density at radius 2 is 2.08 bits per heavy atom. The molecule has 24 heavy (non-hydrogen) atoms. The first-order valence-corrected chi connectivity index (χ1v) is 7.34. The van der Waals surface area contributed by atoms with Crippen LogP contribution in [-0.4, -0.2) is 27.5 Å². The highest BCUT2D eigenvalue weighted by Crippen LogP contribution is 2.30. The second-order valence-electron chi connectivity index (χ2n) is 4.98. The molecule has 0 bridgehead atoms. The molecule has 0 amide bonds. The van der Waals surface area contributed by atoms with Gasteiger partial charge >= 0.3 is 5.97 Å². The van der Waals surface area contributed by atoms with Crippen LogP contribution in [0.25, 0.3) is 22.6 Å². The number of ether oxygens (including phenoxy) is 1. The Labute approximate surface area is 137 Å². The van der Waals surface area contributed by atoms with Crippen molar-refractivity contribution in [2.75, 3.05) is 12.3 Å². The zero-order valence-corrected chi connectivity index (χ0v) is 12.9. The average Bonchev–Trinajstić information content (AvgIpc) is 3.03. The number of nitrogens with one attached hydrogen (secondary N) is 1. The number of nitrogens with zero attached hydrogens (tertiary/aromatic N) is 2. The molecule has 0 spiro atoms. The summed E-state index contributed by atoms with van der Waals surface area (Å²) in [6.07, 6.45) is 0.991. The molecule has 0 unspecified atom stereocenters. The molecule has 1 aromatic carbocycles. The van der Waals surface area contributed by atoms with Crippen LogP contribution in [0, 0.1) is 5.82 Å². The maximum Gasteiger partial charge on any atom is 0.340 e. The van der Waals surface area contributed by atoms with Crippen LogP contribution in [0.1, 0.15) is 17.3 Å². The Kier molecular flexibility index (Phi) is 4.24. The Morgan fingerprint density at radius 3 is 2.79 bits per heavy atom. The monoisotopic (exact) mass is 326 g/mol. The highest BCUT2D eigenvalue weighted by molar-refractivity contribution is 5.98. The number of aromatic amines is 1. The van der Waals surface area contributed by atoms with E-state index in [9.17, 15) is 9.18 Å². The summed E-state index contributed by atoms with van der Waals surface area (Å²) in [6, 6.07) is 10.7. The first kappa shape index (κ1) is 15.7. The van der Waals surface area contributed by atoms with E-state index in [0.29, 0.717) is 17.0 Å². The maximum atomic E-state index is 14.0. The summed E-state index contributed by atoms with van der Waals surface area (Å²) in [7, 11) is 0. The average molecular weight is 326 g/mol. The van der Waals surface area contributed by atoms with Gasteiger partial charge in [0.2, 0.25) is 5.95 Å². The van der Waals surface area contributed by atoms with E-state index in [0.717, 1.165) is 11.8 Å². The molecule has 0 aliphatic heterocycles. The van der Waals surface area contributed by atoms with E-state index >= 15 is 0 Å². The Bertz CT molecular complexity index is 878. The summed E-state index contributed by atoms with van der Waals surface area (Å²) in [6.45, 7) is 1.96. The van der Waals surface area contributed by atoms with Crippen molar-refractivity contribution in [3.8, 4) is 22.6 Å². The Hall–Kier alpha value is -3.22. The molecular weight excluding hydrogens is 311 g/mol. The summed E-state index contributed by atoms with van der Waals surface area (Å²) in [4.78, 5) is 22.8. The lowest BCUT2D eigenvalue weighted by Crippen LogP contribution is -2.04. The van der Waals surface area contributed by atoms with Crippen LogP contribution in [0.5, 0.6) is 0 Å². The third kappa shape index (κ3) is 2.96. The molecule has 122 valence electrons. The number of aromatic nitrogens is 3. The Balaban J connectivity index is 2.16. The predicted octanol–water partition coefficient (Wildman–Crippen LogP) is 3.04. The first-order chi connectivity index (χ1) is 11.6. The number of nitrogen functional groups attached to an aromatic ring is 1. The van der Waals surface area contributed by atoms with Gasteiger partial charge < -0.3 is 15.5 Å². The van der Waals surface area contributed by atoms with E-state index in [1.54, 1.807) is 6.92 Å². The number of H-pyrrole nitrogens is 1. The Morgan fingerprint density at radius 1 is 1.33 bits per heavy atom. The number of anilines is 1. The molecule has 7 heteroatoms. The lowest BCUT2D eigenvalue weighted by atomic mass is 10.1. The van der Waals surface area contributed by atoms with Gasteiger partial charge in [0.1, 0.15) is 5.69 Å². The van der Waals surface area contributed by atoms with Crippen LogP contribution in [0.15, 0.2) is 42.6 Å².